The molecular weight excluding hydrogens is 379 g/mol. The molecule has 0 aliphatic carbocycles. The fraction of sp³-hybridized carbons (Fsp3) is 0.545. The van der Waals surface area contributed by atoms with E-state index >= 15 is 0 Å². The van der Waals surface area contributed by atoms with E-state index < -0.39 is 0 Å². The lowest BCUT2D eigenvalue weighted by Gasteiger charge is -2.21. The Hall–Kier alpha value is -1.00. The molecule has 1 heterocycles. The summed E-state index contributed by atoms with van der Waals surface area (Å²) < 4.78 is 5.92. The summed E-state index contributed by atoms with van der Waals surface area (Å²) in [6, 6.07) is 9.35. The molecule has 2 rings (SSSR count). The summed E-state index contributed by atoms with van der Waals surface area (Å²) >= 11 is 12.3. The first-order valence-electron chi connectivity index (χ1n) is 10.1. The number of unbranched alkanes of at least 4 members (excludes halogenated alkanes) is 2. The van der Waals surface area contributed by atoms with Gasteiger partial charge in [-0.2, -0.15) is 0 Å². The quantitative estimate of drug-likeness (QED) is 0.375. The van der Waals surface area contributed by atoms with E-state index in [-0.39, 0.29) is 0 Å². The van der Waals surface area contributed by atoms with Crippen molar-refractivity contribution < 1.29 is 4.42 Å². The third-order valence-electron chi connectivity index (χ3n) is 4.64. The van der Waals surface area contributed by atoms with Crippen molar-refractivity contribution in [3.63, 3.8) is 0 Å². The number of hydrogen-bond donors (Lipinski definition) is 1. The topological polar surface area (TPSA) is 28.4 Å². The van der Waals surface area contributed by atoms with E-state index in [1.54, 1.807) is 12.1 Å². The normalized spacial score (nSPS) is 11.4. The molecule has 27 heavy (non-hydrogen) atoms. The monoisotopic (exact) mass is 410 g/mol. The maximum absolute atomic E-state index is 6.25. The van der Waals surface area contributed by atoms with Gasteiger partial charge in [0, 0.05) is 10.6 Å². The van der Waals surface area contributed by atoms with Gasteiger partial charge in [-0.1, -0.05) is 49.9 Å². The van der Waals surface area contributed by atoms with Crippen molar-refractivity contribution in [1.82, 2.24) is 10.2 Å². The second-order valence-electron chi connectivity index (χ2n) is 6.97. The van der Waals surface area contributed by atoms with Crippen molar-refractivity contribution in [3.8, 4) is 11.3 Å². The summed E-state index contributed by atoms with van der Waals surface area (Å²) in [5.74, 6) is 1.67. The number of nitrogens with zero attached hydrogens (tertiary/aromatic N) is 1. The Labute approximate surface area is 174 Å². The van der Waals surface area contributed by atoms with Crippen LogP contribution in [0.15, 0.2) is 34.7 Å². The molecule has 0 aliphatic rings. The SMILES string of the molecule is CCCCN(CCCC)CCCNCc1ccc(-c2cc(Cl)ccc2Cl)o1. The van der Waals surface area contributed by atoms with Crippen molar-refractivity contribution in [1.29, 1.82) is 0 Å². The molecule has 1 N–H and O–H groups in total. The molecule has 1 aromatic carbocycles. The van der Waals surface area contributed by atoms with E-state index in [2.05, 4.69) is 24.1 Å². The molecule has 1 aromatic heterocycles. The van der Waals surface area contributed by atoms with Crippen LogP contribution in [0.25, 0.3) is 11.3 Å². The van der Waals surface area contributed by atoms with Gasteiger partial charge in [0.05, 0.1) is 11.6 Å². The average Bonchev–Trinajstić information content (AvgIpc) is 3.13. The van der Waals surface area contributed by atoms with Crippen LogP contribution >= 0.6 is 23.2 Å². The van der Waals surface area contributed by atoms with Gasteiger partial charge >= 0.3 is 0 Å². The Morgan fingerprint density at radius 1 is 0.926 bits per heavy atom. The van der Waals surface area contributed by atoms with E-state index in [9.17, 15) is 0 Å². The highest BCUT2D eigenvalue weighted by Crippen LogP contribution is 2.31. The van der Waals surface area contributed by atoms with Crippen LogP contribution in [0.5, 0.6) is 0 Å². The summed E-state index contributed by atoms with van der Waals surface area (Å²) in [4.78, 5) is 2.60. The molecule has 150 valence electrons. The number of hydrogen-bond acceptors (Lipinski definition) is 3. The Morgan fingerprint density at radius 3 is 2.33 bits per heavy atom. The summed E-state index contributed by atoms with van der Waals surface area (Å²) in [6.45, 7) is 9.83. The maximum atomic E-state index is 6.25. The molecule has 0 unspecified atom stereocenters. The van der Waals surface area contributed by atoms with Crippen molar-refractivity contribution >= 4 is 23.2 Å². The average molecular weight is 411 g/mol. The lowest BCUT2D eigenvalue weighted by molar-refractivity contribution is 0.260. The fourth-order valence-corrected chi connectivity index (χ4v) is 3.42. The van der Waals surface area contributed by atoms with Crippen LogP contribution in [0, 0.1) is 0 Å². The van der Waals surface area contributed by atoms with E-state index in [1.165, 1.54) is 38.8 Å². The van der Waals surface area contributed by atoms with Gasteiger partial charge in [-0.3, -0.25) is 0 Å². The number of rotatable bonds is 13. The largest absolute Gasteiger partial charge is 0.460 e. The molecule has 0 saturated heterocycles. The lowest BCUT2D eigenvalue weighted by atomic mass is 10.2. The molecule has 0 atom stereocenters. The van der Waals surface area contributed by atoms with Crippen LogP contribution < -0.4 is 5.32 Å². The van der Waals surface area contributed by atoms with Crippen molar-refractivity contribution in [2.45, 2.75) is 52.5 Å². The molecular formula is C22H32Cl2N2O. The molecule has 0 bridgehead atoms. The van der Waals surface area contributed by atoms with Crippen molar-refractivity contribution in [2.75, 3.05) is 26.2 Å². The van der Waals surface area contributed by atoms with Crippen LogP contribution in [0.1, 0.15) is 51.7 Å². The van der Waals surface area contributed by atoms with Crippen LogP contribution in [-0.2, 0) is 6.54 Å². The van der Waals surface area contributed by atoms with Gasteiger partial charge in [0.2, 0.25) is 0 Å². The minimum atomic E-state index is 0.646. The zero-order valence-corrected chi connectivity index (χ0v) is 18.1. The van der Waals surface area contributed by atoms with Gasteiger partial charge in [-0.05, 0) is 75.8 Å². The highest BCUT2D eigenvalue weighted by molar-refractivity contribution is 6.35. The predicted molar refractivity (Wildman–Crippen MR) is 117 cm³/mol. The van der Waals surface area contributed by atoms with E-state index in [0.717, 1.165) is 43.1 Å². The maximum Gasteiger partial charge on any atom is 0.135 e. The predicted octanol–water partition coefficient (Wildman–Crippen LogP) is 6.64. The van der Waals surface area contributed by atoms with Crippen LogP contribution in [0.2, 0.25) is 10.0 Å². The molecule has 0 aliphatic heterocycles. The molecule has 0 saturated carbocycles. The molecule has 0 fully saturated rings. The first-order chi connectivity index (χ1) is 13.1. The molecule has 0 amide bonds. The Bertz CT molecular complexity index is 664. The van der Waals surface area contributed by atoms with Crippen molar-refractivity contribution in [3.05, 3.63) is 46.1 Å². The standard InChI is InChI=1S/C22H32Cl2N2O/c1-3-5-13-26(14-6-4-2)15-7-12-25-17-19-9-11-22(27-19)20-16-18(23)8-10-21(20)24/h8-11,16,25H,3-7,12-15,17H2,1-2H3. The number of nitrogens with one attached hydrogen (secondary N) is 1. The lowest BCUT2D eigenvalue weighted by Crippen LogP contribution is -2.29. The number of furan rings is 1. The summed E-state index contributed by atoms with van der Waals surface area (Å²) in [6.07, 6.45) is 6.26. The number of benzene rings is 1. The number of halogens is 2. The van der Waals surface area contributed by atoms with Crippen LogP contribution in [0.3, 0.4) is 0 Å². The molecule has 5 heteroatoms. The minimum absolute atomic E-state index is 0.646. The van der Waals surface area contributed by atoms with Crippen LogP contribution in [0.4, 0.5) is 0 Å². The highest BCUT2D eigenvalue weighted by atomic mass is 35.5. The van der Waals surface area contributed by atoms with Gasteiger partial charge in [-0.15, -0.1) is 0 Å². The summed E-state index contributed by atoms with van der Waals surface area (Å²) in [5, 5.41) is 4.78. The fourth-order valence-electron chi connectivity index (χ4n) is 3.04. The second kappa shape index (κ2) is 12.5. The van der Waals surface area contributed by atoms with E-state index in [0.29, 0.717) is 10.0 Å². The minimum Gasteiger partial charge on any atom is -0.460 e. The Kier molecular flexibility index (Phi) is 10.3. The first-order valence-corrected chi connectivity index (χ1v) is 10.9. The Morgan fingerprint density at radius 2 is 1.63 bits per heavy atom. The van der Waals surface area contributed by atoms with E-state index in [4.69, 9.17) is 27.6 Å². The molecule has 2 aromatic rings. The smallest absolute Gasteiger partial charge is 0.135 e. The van der Waals surface area contributed by atoms with Gasteiger partial charge < -0.3 is 14.6 Å². The zero-order chi connectivity index (χ0) is 19.5. The zero-order valence-electron chi connectivity index (χ0n) is 16.6. The molecule has 0 radical (unpaired) electrons. The Balaban J connectivity index is 1.74. The summed E-state index contributed by atoms with van der Waals surface area (Å²) in [5.41, 5.74) is 0.831. The van der Waals surface area contributed by atoms with Gasteiger partial charge in [-0.25, -0.2) is 0 Å². The first kappa shape index (κ1) is 22.3. The highest BCUT2D eigenvalue weighted by Gasteiger charge is 2.09. The molecule has 3 nitrogen and oxygen atoms in total. The van der Waals surface area contributed by atoms with Gasteiger partial charge in [0.1, 0.15) is 11.5 Å². The molecule has 0 spiro atoms. The second-order valence-corrected chi connectivity index (χ2v) is 7.81. The van der Waals surface area contributed by atoms with Gasteiger partial charge in [0.15, 0.2) is 0 Å². The van der Waals surface area contributed by atoms with Crippen LogP contribution in [-0.4, -0.2) is 31.1 Å². The van der Waals surface area contributed by atoms with Gasteiger partial charge in [0.25, 0.3) is 0 Å². The van der Waals surface area contributed by atoms with Crippen molar-refractivity contribution in [2.24, 2.45) is 0 Å². The third-order valence-corrected chi connectivity index (χ3v) is 5.20. The van der Waals surface area contributed by atoms with E-state index in [1.807, 2.05) is 18.2 Å². The summed E-state index contributed by atoms with van der Waals surface area (Å²) in [7, 11) is 0. The third kappa shape index (κ3) is 7.87.